The van der Waals surface area contributed by atoms with Crippen molar-refractivity contribution in [2.45, 2.75) is 13.8 Å². The lowest BCUT2D eigenvalue weighted by Gasteiger charge is -2.00. The second-order valence-corrected chi connectivity index (χ2v) is 6.86. The van der Waals surface area contributed by atoms with E-state index in [2.05, 4.69) is 70.0 Å². The maximum atomic E-state index is 6.19. The van der Waals surface area contributed by atoms with Crippen LogP contribution in [-0.4, -0.2) is 0 Å². The van der Waals surface area contributed by atoms with Crippen molar-refractivity contribution < 1.29 is 4.42 Å². The van der Waals surface area contributed by atoms with E-state index < -0.39 is 0 Å². The molecule has 0 aliphatic carbocycles. The summed E-state index contributed by atoms with van der Waals surface area (Å²) in [6.45, 7) is 4.22. The highest BCUT2D eigenvalue weighted by Crippen LogP contribution is 2.37. The highest BCUT2D eigenvalue weighted by Gasteiger charge is 2.16. The first-order chi connectivity index (χ1) is 10.1. The number of rotatable bonds is 2. The first kappa shape index (κ1) is 14.6. The second-order valence-electron chi connectivity index (χ2n) is 5.03. The summed E-state index contributed by atoms with van der Waals surface area (Å²) in [7, 11) is 0. The SMILES string of the molecule is Cc1c(-c2cccc(Br)c2)oc(-c2cccc(Br)c2)c1C. The summed E-state index contributed by atoms with van der Waals surface area (Å²) in [5.74, 6) is 1.87. The van der Waals surface area contributed by atoms with Crippen molar-refractivity contribution in [1.29, 1.82) is 0 Å². The highest BCUT2D eigenvalue weighted by molar-refractivity contribution is 9.10. The maximum absolute atomic E-state index is 6.19. The molecule has 0 saturated carbocycles. The van der Waals surface area contributed by atoms with Crippen LogP contribution in [0.3, 0.4) is 0 Å². The van der Waals surface area contributed by atoms with E-state index in [-0.39, 0.29) is 0 Å². The van der Waals surface area contributed by atoms with Gasteiger partial charge in [0.1, 0.15) is 11.5 Å². The lowest BCUT2D eigenvalue weighted by molar-refractivity contribution is 0.594. The molecule has 2 aromatic carbocycles. The minimum absolute atomic E-state index is 0.934. The predicted molar refractivity (Wildman–Crippen MR) is 94.5 cm³/mol. The van der Waals surface area contributed by atoms with E-state index >= 15 is 0 Å². The second kappa shape index (κ2) is 5.82. The Morgan fingerprint density at radius 2 is 1.14 bits per heavy atom. The Bertz CT molecular complexity index is 737. The maximum Gasteiger partial charge on any atom is 0.138 e. The Balaban J connectivity index is 2.16. The van der Waals surface area contributed by atoms with Gasteiger partial charge in [0.25, 0.3) is 0 Å². The fourth-order valence-corrected chi connectivity index (χ4v) is 3.20. The number of furan rings is 1. The van der Waals surface area contributed by atoms with Crippen LogP contribution in [0.25, 0.3) is 22.6 Å². The largest absolute Gasteiger partial charge is 0.456 e. The average Bonchev–Trinajstić information content (AvgIpc) is 2.75. The topological polar surface area (TPSA) is 13.1 Å². The molecule has 0 atom stereocenters. The van der Waals surface area contributed by atoms with Gasteiger partial charge in [-0.05, 0) is 49.2 Å². The summed E-state index contributed by atoms with van der Waals surface area (Å²) in [5.41, 5.74) is 4.54. The van der Waals surface area contributed by atoms with Gasteiger partial charge in [-0.2, -0.15) is 0 Å². The zero-order chi connectivity index (χ0) is 15.0. The molecule has 0 radical (unpaired) electrons. The van der Waals surface area contributed by atoms with Gasteiger partial charge in [-0.25, -0.2) is 0 Å². The lowest BCUT2D eigenvalue weighted by Crippen LogP contribution is -1.80. The van der Waals surface area contributed by atoms with Crippen LogP contribution >= 0.6 is 31.9 Å². The van der Waals surface area contributed by atoms with Gasteiger partial charge in [-0.3, -0.25) is 0 Å². The standard InChI is InChI=1S/C18H14Br2O/c1-11-12(2)18(14-6-4-8-16(20)10-14)21-17(11)13-5-3-7-15(19)9-13/h3-10H,1-2H3. The summed E-state index contributed by atoms with van der Waals surface area (Å²) in [6, 6.07) is 16.4. The Hall–Kier alpha value is -1.32. The minimum atomic E-state index is 0.934. The highest BCUT2D eigenvalue weighted by atomic mass is 79.9. The zero-order valence-corrected chi connectivity index (χ0v) is 15.0. The van der Waals surface area contributed by atoms with E-state index in [9.17, 15) is 0 Å². The van der Waals surface area contributed by atoms with E-state index in [0.29, 0.717) is 0 Å². The monoisotopic (exact) mass is 404 g/mol. The Morgan fingerprint density at radius 3 is 1.52 bits per heavy atom. The van der Waals surface area contributed by atoms with Crippen molar-refractivity contribution in [3.8, 4) is 22.6 Å². The molecule has 3 heteroatoms. The van der Waals surface area contributed by atoms with Gasteiger partial charge < -0.3 is 4.42 Å². The smallest absolute Gasteiger partial charge is 0.138 e. The molecule has 3 rings (SSSR count). The minimum Gasteiger partial charge on any atom is -0.456 e. The lowest BCUT2D eigenvalue weighted by atomic mass is 10.0. The van der Waals surface area contributed by atoms with Crippen molar-refractivity contribution in [2.24, 2.45) is 0 Å². The van der Waals surface area contributed by atoms with Crippen LogP contribution in [0, 0.1) is 13.8 Å². The molecule has 0 bridgehead atoms. The van der Waals surface area contributed by atoms with E-state index in [1.54, 1.807) is 0 Å². The molecule has 0 fully saturated rings. The molecular formula is C18H14Br2O. The molecule has 1 heterocycles. The third-order valence-corrected chi connectivity index (χ3v) is 4.61. The van der Waals surface area contributed by atoms with Gasteiger partial charge in [0.2, 0.25) is 0 Å². The number of hydrogen-bond donors (Lipinski definition) is 0. The number of hydrogen-bond acceptors (Lipinski definition) is 1. The van der Waals surface area contributed by atoms with Gasteiger partial charge >= 0.3 is 0 Å². The Kier molecular flexibility index (Phi) is 4.05. The van der Waals surface area contributed by atoms with Crippen LogP contribution in [0.1, 0.15) is 11.1 Å². The Labute approximate surface area is 141 Å². The van der Waals surface area contributed by atoms with E-state index in [1.807, 2.05) is 24.3 Å². The normalized spacial score (nSPS) is 10.9. The zero-order valence-electron chi connectivity index (χ0n) is 11.8. The summed E-state index contributed by atoms with van der Waals surface area (Å²) in [4.78, 5) is 0. The van der Waals surface area contributed by atoms with Crippen molar-refractivity contribution >= 4 is 31.9 Å². The molecule has 0 aliphatic heterocycles. The molecule has 0 unspecified atom stereocenters. The van der Waals surface area contributed by atoms with Crippen LogP contribution in [0.5, 0.6) is 0 Å². The molecule has 0 amide bonds. The fraction of sp³-hybridized carbons (Fsp3) is 0.111. The van der Waals surface area contributed by atoms with Gasteiger partial charge in [-0.15, -0.1) is 0 Å². The quantitative estimate of drug-likeness (QED) is 0.459. The summed E-state index contributed by atoms with van der Waals surface area (Å²) < 4.78 is 8.29. The number of halogens is 2. The molecule has 0 aliphatic rings. The van der Waals surface area contributed by atoms with Crippen molar-refractivity contribution in [1.82, 2.24) is 0 Å². The van der Waals surface area contributed by atoms with E-state index in [4.69, 9.17) is 4.42 Å². The third kappa shape index (κ3) is 2.85. The molecule has 1 aromatic heterocycles. The summed E-state index contributed by atoms with van der Waals surface area (Å²) in [5, 5.41) is 0. The van der Waals surface area contributed by atoms with Crippen LogP contribution in [0.4, 0.5) is 0 Å². The third-order valence-electron chi connectivity index (χ3n) is 3.62. The van der Waals surface area contributed by atoms with Crippen LogP contribution in [0.15, 0.2) is 61.9 Å². The fourth-order valence-electron chi connectivity index (χ4n) is 2.41. The van der Waals surface area contributed by atoms with Crippen molar-refractivity contribution in [3.63, 3.8) is 0 Å². The summed E-state index contributed by atoms with van der Waals surface area (Å²) in [6.07, 6.45) is 0. The first-order valence-corrected chi connectivity index (χ1v) is 8.26. The summed E-state index contributed by atoms with van der Waals surface area (Å²) >= 11 is 7.03. The number of benzene rings is 2. The van der Waals surface area contributed by atoms with Gasteiger partial charge in [-0.1, -0.05) is 56.1 Å². The molecule has 106 valence electrons. The molecule has 0 spiro atoms. The predicted octanol–water partition coefficient (Wildman–Crippen LogP) is 6.76. The van der Waals surface area contributed by atoms with Crippen molar-refractivity contribution in [3.05, 3.63) is 68.6 Å². The molecule has 21 heavy (non-hydrogen) atoms. The van der Waals surface area contributed by atoms with E-state index in [1.165, 1.54) is 11.1 Å². The molecule has 0 saturated heterocycles. The van der Waals surface area contributed by atoms with Gasteiger partial charge in [0.15, 0.2) is 0 Å². The van der Waals surface area contributed by atoms with Gasteiger partial charge in [0.05, 0.1) is 0 Å². The van der Waals surface area contributed by atoms with E-state index in [0.717, 1.165) is 31.6 Å². The molecule has 3 aromatic rings. The van der Waals surface area contributed by atoms with Crippen molar-refractivity contribution in [2.75, 3.05) is 0 Å². The Morgan fingerprint density at radius 1 is 0.714 bits per heavy atom. The van der Waals surface area contributed by atoms with Crippen LogP contribution in [-0.2, 0) is 0 Å². The molecule has 0 N–H and O–H groups in total. The first-order valence-electron chi connectivity index (χ1n) is 6.68. The van der Waals surface area contributed by atoms with Crippen LogP contribution in [0.2, 0.25) is 0 Å². The van der Waals surface area contributed by atoms with Crippen LogP contribution < -0.4 is 0 Å². The average molecular weight is 406 g/mol. The molecule has 1 nitrogen and oxygen atoms in total. The molecular weight excluding hydrogens is 392 g/mol. The van der Waals surface area contributed by atoms with Gasteiger partial charge in [0, 0.05) is 20.1 Å².